The Morgan fingerprint density at radius 1 is 1.06 bits per heavy atom. The molecule has 2 aromatic carbocycles. The minimum Gasteiger partial charge on any atom is -0.507 e. The van der Waals surface area contributed by atoms with Crippen LogP contribution in [0.5, 0.6) is 5.75 Å². The van der Waals surface area contributed by atoms with Crippen molar-refractivity contribution in [2.75, 3.05) is 13.7 Å². The Morgan fingerprint density at radius 3 is 2.44 bits per heavy atom. The van der Waals surface area contributed by atoms with Crippen molar-refractivity contribution in [2.45, 2.75) is 31.7 Å². The molecule has 2 aromatic rings. The van der Waals surface area contributed by atoms with E-state index < -0.39 is 23.7 Å². The highest BCUT2D eigenvalue weighted by Crippen LogP contribution is 2.40. The topological polar surface area (TPSA) is 104 Å². The highest BCUT2D eigenvalue weighted by molar-refractivity contribution is 6.46. The van der Waals surface area contributed by atoms with Crippen molar-refractivity contribution in [3.8, 4) is 5.75 Å². The number of carbonyl (C=O) groups is 3. The average Bonchev–Trinajstić information content (AvgIpc) is 3.03. The molecule has 0 bridgehead atoms. The van der Waals surface area contributed by atoms with E-state index in [4.69, 9.17) is 21.4 Å². The number of ether oxygens (including phenoxy) is 1. The lowest BCUT2D eigenvalue weighted by molar-refractivity contribution is -0.140. The highest BCUT2D eigenvalue weighted by Gasteiger charge is 2.45. The zero-order chi connectivity index (χ0) is 23.3. The van der Waals surface area contributed by atoms with Gasteiger partial charge < -0.3 is 19.8 Å². The largest absolute Gasteiger partial charge is 0.507 e. The van der Waals surface area contributed by atoms with Crippen molar-refractivity contribution >= 4 is 35.0 Å². The molecule has 1 amide bonds. The van der Waals surface area contributed by atoms with Crippen molar-refractivity contribution in [1.82, 2.24) is 4.90 Å². The number of likely N-dealkylation sites (tertiary alicyclic amines) is 1. The molecule has 1 aliphatic heterocycles. The molecule has 0 unspecified atom stereocenters. The molecule has 1 aliphatic rings. The number of halogens is 1. The second kappa shape index (κ2) is 10.3. The summed E-state index contributed by atoms with van der Waals surface area (Å²) in [6, 6.07) is 12.6. The SMILES string of the molecule is COc1cccc([C@H]2C(=C(O)c3ccc(Cl)cc3)C(=O)C(=O)N2CCCCCC(=O)O)c1. The second-order valence-electron chi connectivity index (χ2n) is 7.48. The lowest BCUT2D eigenvalue weighted by atomic mass is 9.95. The molecule has 0 saturated carbocycles. The normalized spacial score (nSPS) is 17.6. The molecule has 7 nitrogen and oxygen atoms in total. The molecule has 1 saturated heterocycles. The van der Waals surface area contributed by atoms with Crippen molar-refractivity contribution in [2.24, 2.45) is 0 Å². The number of aliphatic carboxylic acids is 1. The lowest BCUT2D eigenvalue weighted by Crippen LogP contribution is -2.30. The van der Waals surface area contributed by atoms with Crippen molar-refractivity contribution < 1.29 is 29.3 Å². The summed E-state index contributed by atoms with van der Waals surface area (Å²) >= 11 is 5.93. The van der Waals surface area contributed by atoms with Gasteiger partial charge in [0.05, 0.1) is 18.7 Å². The standard InChI is InChI=1S/C24H24ClNO6/c1-32-18-7-5-6-16(14-18)21-20(22(29)15-9-11-17(25)12-10-15)23(30)24(31)26(21)13-4-2-3-8-19(27)28/h5-7,9-12,14,21,29H,2-4,8,13H2,1H3,(H,27,28)/t21-/m0/s1. The van der Waals surface area contributed by atoms with Gasteiger partial charge in [0.25, 0.3) is 11.7 Å². The predicted octanol–water partition coefficient (Wildman–Crippen LogP) is 4.42. The summed E-state index contributed by atoms with van der Waals surface area (Å²) in [5.41, 5.74) is 1.00. The number of nitrogens with zero attached hydrogens (tertiary/aromatic N) is 1. The van der Waals surface area contributed by atoms with E-state index in [0.717, 1.165) is 0 Å². The first kappa shape index (κ1) is 23.3. The minimum atomic E-state index is -0.871. The van der Waals surface area contributed by atoms with E-state index in [9.17, 15) is 19.5 Å². The van der Waals surface area contributed by atoms with Gasteiger partial charge in [-0.25, -0.2) is 0 Å². The van der Waals surface area contributed by atoms with Gasteiger partial charge in [-0.1, -0.05) is 30.2 Å². The molecule has 2 N–H and O–H groups in total. The predicted molar refractivity (Wildman–Crippen MR) is 120 cm³/mol. The molecule has 1 atom stereocenters. The molecule has 0 aliphatic carbocycles. The fraction of sp³-hybridized carbons (Fsp3) is 0.292. The Labute approximate surface area is 190 Å². The number of aliphatic hydroxyl groups excluding tert-OH is 1. The van der Waals surface area contributed by atoms with E-state index in [1.54, 1.807) is 48.5 Å². The molecule has 0 radical (unpaired) electrons. The van der Waals surface area contributed by atoms with E-state index in [1.807, 2.05) is 0 Å². The summed E-state index contributed by atoms with van der Waals surface area (Å²) in [7, 11) is 1.52. The maximum Gasteiger partial charge on any atom is 0.303 e. The number of aliphatic hydroxyl groups is 1. The Kier molecular flexibility index (Phi) is 7.53. The third-order valence-corrected chi connectivity index (χ3v) is 5.61. The molecule has 1 fully saturated rings. The van der Waals surface area contributed by atoms with Gasteiger partial charge in [0, 0.05) is 23.6 Å². The number of rotatable bonds is 9. The Morgan fingerprint density at radius 2 is 1.78 bits per heavy atom. The third-order valence-electron chi connectivity index (χ3n) is 5.36. The second-order valence-corrected chi connectivity index (χ2v) is 7.92. The van der Waals surface area contributed by atoms with Gasteiger partial charge in [-0.15, -0.1) is 0 Å². The van der Waals surface area contributed by atoms with Gasteiger partial charge in [0.15, 0.2) is 0 Å². The van der Waals surface area contributed by atoms with Gasteiger partial charge >= 0.3 is 5.97 Å². The van der Waals surface area contributed by atoms with Crippen LogP contribution in [0.2, 0.25) is 5.02 Å². The first-order valence-electron chi connectivity index (χ1n) is 10.2. The number of carboxylic acid groups (broad SMARTS) is 1. The number of ketones is 1. The molecule has 168 valence electrons. The lowest BCUT2D eigenvalue weighted by Gasteiger charge is -2.25. The number of methoxy groups -OCH3 is 1. The van der Waals surface area contributed by atoms with Gasteiger partial charge in [0.1, 0.15) is 11.5 Å². The van der Waals surface area contributed by atoms with Crippen LogP contribution < -0.4 is 4.74 Å². The maximum absolute atomic E-state index is 13.0. The van der Waals surface area contributed by atoms with Crippen LogP contribution in [-0.4, -0.2) is 46.4 Å². The van der Waals surface area contributed by atoms with Crippen LogP contribution in [0.15, 0.2) is 54.1 Å². The molecular weight excluding hydrogens is 434 g/mol. The van der Waals surface area contributed by atoms with E-state index >= 15 is 0 Å². The minimum absolute atomic E-state index is 0.00360. The molecule has 32 heavy (non-hydrogen) atoms. The highest BCUT2D eigenvalue weighted by atomic mass is 35.5. The van der Waals surface area contributed by atoms with Crippen molar-refractivity contribution in [1.29, 1.82) is 0 Å². The van der Waals surface area contributed by atoms with E-state index in [-0.39, 0.29) is 24.3 Å². The monoisotopic (exact) mass is 457 g/mol. The maximum atomic E-state index is 13.0. The summed E-state index contributed by atoms with van der Waals surface area (Å²) in [5, 5.41) is 20.3. The summed E-state index contributed by atoms with van der Waals surface area (Å²) in [6.45, 7) is 0.253. The summed E-state index contributed by atoms with van der Waals surface area (Å²) in [5.74, 6) is -2.06. The fourth-order valence-electron chi connectivity index (χ4n) is 3.77. The number of hydrogen-bond acceptors (Lipinski definition) is 5. The summed E-state index contributed by atoms with van der Waals surface area (Å²) in [6.07, 6.45) is 1.65. The van der Waals surface area contributed by atoms with Crippen LogP contribution in [0.1, 0.15) is 42.9 Å². The van der Waals surface area contributed by atoms with Crippen LogP contribution in [0.4, 0.5) is 0 Å². The van der Waals surface area contributed by atoms with Crippen LogP contribution in [-0.2, 0) is 14.4 Å². The van der Waals surface area contributed by atoms with Gasteiger partial charge in [-0.05, 0) is 54.8 Å². The molecule has 3 rings (SSSR count). The number of benzene rings is 2. The Bertz CT molecular complexity index is 1050. The Hall–Kier alpha value is -3.32. The number of Topliss-reactive ketones (excluding diaryl/α,β-unsaturated/α-hetero) is 1. The number of hydrogen-bond donors (Lipinski definition) is 2. The zero-order valence-electron chi connectivity index (χ0n) is 17.6. The first-order valence-corrected chi connectivity index (χ1v) is 10.6. The van der Waals surface area contributed by atoms with Gasteiger partial charge in [-0.3, -0.25) is 14.4 Å². The Balaban J connectivity index is 1.99. The van der Waals surface area contributed by atoms with Gasteiger partial charge in [0.2, 0.25) is 0 Å². The zero-order valence-corrected chi connectivity index (χ0v) is 18.3. The van der Waals surface area contributed by atoms with Gasteiger partial charge in [-0.2, -0.15) is 0 Å². The molecule has 0 spiro atoms. The molecule has 8 heteroatoms. The number of carboxylic acids is 1. The van der Waals surface area contributed by atoms with Crippen LogP contribution in [0, 0.1) is 0 Å². The van der Waals surface area contributed by atoms with E-state index in [2.05, 4.69) is 0 Å². The fourth-order valence-corrected chi connectivity index (χ4v) is 3.89. The summed E-state index contributed by atoms with van der Waals surface area (Å²) in [4.78, 5) is 38.0. The average molecular weight is 458 g/mol. The quantitative estimate of drug-likeness (QED) is 0.250. The molecule has 0 aromatic heterocycles. The third kappa shape index (κ3) is 5.11. The van der Waals surface area contributed by atoms with Crippen LogP contribution in [0.3, 0.4) is 0 Å². The van der Waals surface area contributed by atoms with E-state index in [0.29, 0.717) is 41.2 Å². The van der Waals surface area contributed by atoms with Crippen molar-refractivity contribution in [3.05, 3.63) is 70.3 Å². The molecule has 1 heterocycles. The van der Waals surface area contributed by atoms with Crippen molar-refractivity contribution in [3.63, 3.8) is 0 Å². The molecular formula is C24H24ClNO6. The van der Waals surface area contributed by atoms with Crippen LogP contribution >= 0.6 is 11.6 Å². The number of carbonyl (C=O) groups excluding carboxylic acids is 2. The van der Waals surface area contributed by atoms with E-state index in [1.165, 1.54) is 12.0 Å². The number of unbranched alkanes of at least 4 members (excludes halogenated alkanes) is 2. The number of amides is 1. The smallest absolute Gasteiger partial charge is 0.303 e. The summed E-state index contributed by atoms with van der Waals surface area (Å²) < 4.78 is 5.30. The first-order chi connectivity index (χ1) is 15.3. The van der Waals surface area contributed by atoms with Crippen LogP contribution in [0.25, 0.3) is 5.76 Å².